The summed E-state index contributed by atoms with van der Waals surface area (Å²) < 4.78 is 38.6. The molecule has 3 heterocycles. The first-order valence-corrected chi connectivity index (χ1v) is 23.7. The molecule has 1 amide bonds. The van der Waals surface area contributed by atoms with Crippen LogP contribution in [0.2, 0.25) is 0 Å². The molecule has 4 aromatic rings. The third-order valence-corrected chi connectivity index (χ3v) is 13.1. The summed E-state index contributed by atoms with van der Waals surface area (Å²) in [7, 11) is 0. The van der Waals surface area contributed by atoms with E-state index in [1.165, 1.54) is 24.3 Å². The van der Waals surface area contributed by atoms with E-state index >= 15 is 4.79 Å². The molecule has 3 aromatic carbocycles. The highest BCUT2D eigenvalue weighted by Crippen LogP contribution is 2.62. The smallest absolute Gasteiger partial charge is 0.416 e. The quantitative estimate of drug-likeness (QED) is 0.0368. The Morgan fingerprint density at radius 1 is 0.971 bits per heavy atom. The lowest BCUT2D eigenvalue weighted by Crippen LogP contribution is -2.70. The largest absolute Gasteiger partial charge is 0.487 e. The van der Waals surface area contributed by atoms with E-state index in [9.17, 15) is 20.3 Å². The van der Waals surface area contributed by atoms with Crippen molar-refractivity contribution in [3.05, 3.63) is 136 Å². The highest BCUT2D eigenvalue weighted by Gasteiger charge is 2.66. The Labute approximate surface area is 402 Å². The maximum absolute atomic E-state index is 15.2. The number of non-ortho nitro benzene ring substituents is 1. The van der Waals surface area contributed by atoms with Crippen LogP contribution in [0.25, 0.3) is 0 Å². The minimum Gasteiger partial charge on any atom is -0.487 e. The monoisotopic (exact) mass is 946 g/mol. The Hall–Kier alpha value is -6.49. The Balaban J connectivity index is 1.33. The molecule has 8 rings (SSSR count). The molecule has 69 heavy (non-hydrogen) atoms. The Morgan fingerprint density at radius 3 is 2.43 bits per heavy atom. The number of aliphatic hydroxyl groups is 2. The van der Waals surface area contributed by atoms with Gasteiger partial charge in [0.05, 0.1) is 28.9 Å². The van der Waals surface area contributed by atoms with Gasteiger partial charge in [-0.3, -0.25) is 20.0 Å². The van der Waals surface area contributed by atoms with Crippen LogP contribution in [-0.2, 0) is 22.7 Å². The van der Waals surface area contributed by atoms with Gasteiger partial charge >= 0.3 is 6.09 Å². The molecule has 0 spiro atoms. The number of pyridine rings is 1. The number of ether oxygens (including phenoxy) is 6. The number of unbranched alkanes of at least 4 members (excludes halogenated alkanes) is 2. The van der Waals surface area contributed by atoms with E-state index in [1.807, 2.05) is 76.2 Å². The van der Waals surface area contributed by atoms with E-state index in [4.69, 9.17) is 38.4 Å². The zero-order chi connectivity index (χ0) is 48.7. The van der Waals surface area contributed by atoms with Gasteiger partial charge in [0.1, 0.15) is 35.5 Å². The molecule has 0 bridgehead atoms. The number of carbonyl (C=O) groups is 1. The highest BCUT2D eigenvalue weighted by molar-refractivity contribution is 6.03. The standard InChI is InChI=1S/C53H62N4O12/c1-6-26-66-53-48(56(31-35-16-22-46-47(27-35)65-33-64-46)51(60)67-39-19-17-38(18-20-39)57(61)62)30-44(55-69-52(3,4)5)42-28-36(13-7-9-24-58)41(15-8-10-25-59)49(50(42)53)43-29-40(21-23-45(43)68-53)63-32-37-14-11-12-34(2)54-37/h6,11-12,14,16-23,27-29,36,41,48-50,58-59H,1,7-10,13,15,24-26,30-33H2,2-5H3/t36-,41+,48-,49+,50+,53+/m0/s1. The number of nitrogens with zero attached hydrogens (tertiary/aromatic N) is 4. The molecule has 0 unspecified atom stereocenters. The Morgan fingerprint density at radius 2 is 1.71 bits per heavy atom. The van der Waals surface area contributed by atoms with E-state index in [2.05, 4.69) is 17.6 Å². The van der Waals surface area contributed by atoms with Gasteiger partial charge in [-0.25, -0.2) is 4.79 Å². The zero-order valence-electron chi connectivity index (χ0n) is 39.7. The van der Waals surface area contributed by atoms with Crippen molar-refractivity contribution in [3.8, 4) is 28.7 Å². The Kier molecular flexibility index (Phi) is 15.2. The van der Waals surface area contributed by atoms with E-state index in [0.717, 1.165) is 48.2 Å². The molecule has 2 aliphatic heterocycles. The van der Waals surface area contributed by atoms with Gasteiger partial charge in [0.2, 0.25) is 12.6 Å². The molecule has 1 fully saturated rings. The Bertz CT molecular complexity index is 2540. The summed E-state index contributed by atoms with van der Waals surface area (Å²) >= 11 is 0. The second-order valence-electron chi connectivity index (χ2n) is 19.0. The van der Waals surface area contributed by atoms with Crippen molar-refractivity contribution >= 4 is 17.5 Å². The first-order chi connectivity index (χ1) is 33.3. The summed E-state index contributed by atoms with van der Waals surface area (Å²) in [6, 6.07) is 21.5. The number of aromatic nitrogens is 1. The lowest BCUT2D eigenvalue weighted by atomic mass is 9.55. The van der Waals surface area contributed by atoms with E-state index in [0.29, 0.717) is 47.1 Å². The van der Waals surface area contributed by atoms with E-state index in [1.54, 1.807) is 17.0 Å². The third-order valence-electron chi connectivity index (χ3n) is 13.1. The first kappa shape index (κ1) is 48.9. The summed E-state index contributed by atoms with van der Waals surface area (Å²) in [5.74, 6) is -0.219. The average molecular weight is 947 g/mol. The minimum atomic E-state index is -1.61. The predicted molar refractivity (Wildman–Crippen MR) is 256 cm³/mol. The van der Waals surface area contributed by atoms with Crippen molar-refractivity contribution in [1.82, 2.24) is 9.88 Å². The summed E-state index contributed by atoms with van der Waals surface area (Å²) in [5.41, 5.74) is 3.88. The number of rotatable bonds is 20. The van der Waals surface area contributed by atoms with Gasteiger partial charge in [-0.05, 0) is 131 Å². The van der Waals surface area contributed by atoms with Gasteiger partial charge in [-0.1, -0.05) is 42.3 Å². The lowest BCUT2D eigenvalue weighted by Gasteiger charge is -2.60. The van der Waals surface area contributed by atoms with Gasteiger partial charge in [0.25, 0.3) is 5.69 Å². The van der Waals surface area contributed by atoms with Crippen LogP contribution in [0.4, 0.5) is 10.5 Å². The zero-order valence-corrected chi connectivity index (χ0v) is 39.7. The van der Waals surface area contributed by atoms with Crippen molar-refractivity contribution in [2.45, 2.75) is 109 Å². The molecule has 16 nitrogen and oxygen atoms in total. The molecule has 2 N–H and O–H groups in total. The van der Waals surface area contributed by atoms with Crippen molar-refractivity contribution in [3.63, 3.8) is 0 Å². The third kappa shape index (κ3) is 11.0. The summed E-state index contributed by atoms with van der Waals surface area (Å²) in [4.78, 5) is 38.8. The number of aliphatic hydroxyl groups excluding tert-OH is 2. The van der Waals surface area contributed by atoms with Crippen LogP contribution in [0.3, 0.4) is 0 Å². The van der Waals surface area contributed by atoms with Crippen molar-refractivity contribution in [1.29, 1.82) is 0 Å². The number of benzene rings is 3. The lowest BCUT2D eigenvalue weighted by molar-refractivity contribution is -0.384. The molecular weight excluding hydrogens is 885 g/mol. The fourth-order valence-electron chi connectivity index (χ4n) is 10.1. The fraction of sp³-hybridized carbons (Fsp3) is 0.453. The normalized spacial score (nSPS) is 22.7. The summed E-state index contributed by atoms with van der Waals surface area (Å²) in [6.45, 7) is 12.2. The number of hydrogen-bond acceptors (Lipinski definition) is 14. The van der Waals surface area contributed by atoms with Gasteiger partial charge < -0.3 is 43.5 Å². The van der Waals surface area contributed by atoms with Crippen LogP contribution < -0.4 is 23.7 Å². The fourth-order valence-corrected chi connectivity index (χ4v) is 10.1. The number of amides is 1. The second kappa shape index (κ2) is 21.4. The number of hydrogen-bond donors (Lipinski definition) is 2. The molecule has 6 atom stereocenters. The molecule has 2 aliphatic carbocycles. The van der Waals surface area contributed by atoms with Crippen LogP contribution in [-0.4, -0.2) is 80.9 Å². The van der Waals surface area contributed by atoms with Crippen molar-refractivity contribution in [2.24, 2.45) is 22.9 Å². The van der Waals surface area contributed by atoms with Crippen molar-refractivity contribution in [2.75, 3.05) is 26.6 Å². The van der Waals surface area contributed by atoms with Crippen LogP contribution in [0.15, 0.2) is 108 Å². The van der Waals surface area contributed by atoms with Crippen LogP contribution in [0.5, 0.6) is 28.7 Å². The van der Waals surface area contributed by atoms with E-state index < -0.39 is 34.4 Å². The average Bonchev–Trinajstić information content (AvgIpc) is 3.80. The van der Waals surface area contributed by atoms with Crippen LogP contribution in [0.1, 0.15) is 94.1 Å². The van der Waals surface area contributed by atoms with E-state index in [-0.39, 0.29) is 75.4 Å². The predicted octanol–water partition coefficient (Wildman–Crippen LogP) is 9.74. The number of allylic oxidation sites excluding steroid dienone is 1. The second-order valence-corrected chi connectivity index (χ2v) is 19.0. The summed E-state index contributed by atoms with van der Waals surface area (Å²) in [6.07, 6.45) is 7.54. The molecule has 16 heteroatoms. The molecule has 0 saturated heterocycles. The highest BCUT2D eigenvalue weighted by atomic mass is 16.7. The minimum absolute atomic E-state index is 0.00356. The maximum atomic E-state index is 15.2. The number of nitro benzene ring substituents is 1. The van der Waals surface area contributed by atoms with Crippen LogP contribution in [0, 0.1) is 34.8 Å². The van der Waals surface area contributed by atoms with Gasteiger partial charge in [0.15, 0.2) is 11.5 Å². The number of carbonyl (C=O) groups excluding carboxylic acids is 1. The van der Waals surface area contributed by atoms with Gasteiger partial charge in [-0.2, -0.15) is 0 Å². The van der Waals surface area contributed by atoms with Gasteiger partial charge in [0, 0.05) is 55.5 Å². The molecule has 1 saturated carbocycles. The maximum Gasteiger partial charge on any atom is 0.416 e. The molecule has 1 aromatic heterocycles. The molecular formula is C53H62N4O12. The molecule has 366 valence electrons. The topological polar surface area (TPSA) is 194 Å². The number of oxime groups is 1. The number of aryl methyl sites for hydroxylation is 1. The van der Waals surface area contributed by atoms with Crippen molar-refractivity contribution < 1.29 is 53.2 Å². The van der Waals surface area contributed by atoms with Crippen LogP contribution >= 0.6 is 0 Å². The number of nitro groups is 1. The summed E-state index contributed by atoms with van der Waals surface area (Å²) in [5, 5.41) is 36.6. The first-order valence-electron chi connectivity index (χ1n) is 23.7. The number of fused-ring (bicyclic) bond motifs is 3. The van der Waals surface area contributed by atoms with Gasteiger partial charge in [-0.15, -0.1) is 6.58 Å². The SMILES string of the molecule is C=CCO[C@@]12Oc3ccc(OCc4cccc(C)n4)cc3[C@H]3[C@H](CCCCO)[C@@H](CCCCO)C=C(C(=NOC(C)(C)C)C[C@@H]1N(Cc1ccc4c(c1)OCO4)C(=O)Oc1ccc([N+](=O)[O-])cc1)[C@H]32. The molecule has 4 aliphatic rings. The molecule has 0 radical (unpaired) electrons.